The van der Waals surface area contributed by atoms with Crippen LogP contribution in [0.25, 0.3) is 0 Å². The minimum atomic E-state index is -0.213. The van der Waals surface area contributed by atoms with Gasteiger partial charge in [-0.2, -0.15) is 5.10 Å². The molecule has 28 heavy (non-hydrogen) atoms. The molecule has 3 aromatic rings. The van der Waals surface area contributed by atoms with Crippen LogP contribution in [0, 0.1) is 20.8 Å². The number of nitrogens with zero attached hydrogens (tertiary/aromatic N) is 2. The average Bonchev–Trinajstić information content (AvgIpc) is 2.95. The number of rotatable bonds is 7. The summed E-state index contributed by atoms with van der Waals surface area (Å²) in [5.41, 5.74) is 4.45. The minimum Gasteiger partial charge on any atom is -0.497 e. The highest BCUT2D eigenvalue weighted by Crippen LogP contribution is 2.22. The maximum Gasteiger partial charge on any atom is 0.262 e. The lowest BCUT2D eigenvalue weighted by molar-refractivity contribution is -0.118. The first kappa shape index (κ1) is 19.5. The number of para-hydroxylation sites is 1. The Kier molecular flexibility index (Phi) is 5.99. The number of hydrogen-bond acceptors (Lipinski definition) is 4. The number of methoxy groups -OCH3 is 1. The van der Waals surface area contributed by atoms with E-state index in [2.05, 4.69) is 10.4 Å². The summed E-state index contributed by atoms with van der Waals surface area (Å²) in [6, 6.07) is 15.5. The van der Waals surface area contributed by atoms with E-state index in [4.69, 9.17) is 9.47 Å². The minimum absolute atomic E-state index is 0.0508. The summed E-state index contributed by atoms with van der Waals surface area (Å²) in [5.74, 6) is 1.30. The van der Waals surface area contributed by atoms with Gasteiger partial charge in [0.25, 0.3) is 5.91 Å². The van der Waals surface area contributed by atoms with Gasteiger partial charge >= 0.3 is 0 Å². The number of aryl methyl sites for hydroxylation is 2. The second kappa shape index (κ2) is 8.61. The normalized spacial score (nSPS) is 10.6. The van der Waals surface area contributed by atoms with Crippen LogP contribution >= 0.6 is 0 Å². The zero-order valence-corrected chi connectivity index (χ0v) is 16.7. The third-order valence-electron chi connectivity index (χ3n) is 4.56. The van der Waals surface area contributed by atoms with Crippen molar-refractivity contribution < 1.29 is 14.3 Å². The van der Waals surface area contributed by atoms with Gasteiger partial charge < -0.3 is 14.8 Å². The Bertz CT molecular complexity index is 979. The highest BCUT2D eigenvalue weighted by molar-refractivity contribution is 5.93. The van der Waals surface area contributed by atoms with Crippen LogP contribution in [0.4, 0.5) is 5.69 Å². The van der Waals surface area contributed by atoms with E-state index in [1.165, 1.54) is 0 Å². The van der Waals surface area contributed by atoms with Gasteiger partial charge in [0, 0.05) is 0 Å². The monoisotopic (exact) mass is 379 g/mol. The molecular formula is C22H25N3O3. The smallest absolute Gasteiger partial charge is 0.262 e. The Morgan fingerprint density at radius 3 is 2.64 bits per heavy atom. The van der Waals surface area contributed by atoms with E-state index in [1.807, 2.05) is 74.0 Å². The molecule has 0 atom stereocenters. The topological polar surface area (TPSA) is 65.4 Å². The van der Waals surface area contributed by atoms with Crippen LogP contribution in [0.15, 0.2) is 48.5 Å². The maximum absolute atomic E-state index is 12.4. The van der Waals surface area contributed by atoms with E-state index >= 15 is 0 Å². The number of benzene rings is 2. The lowest BCUT2D eigenvalue weighted by Crippen LogP contribution is -2.21. The van der Waals surface area contributed by atoms with Crippen LogP contribution < -0.4 is 14.8 Å². The summed E-state index contributed by atoms with van der Waals surface area (Å²) in [4.78, 5) is 12.4. The first-order chi connectivity index (χ1) is 13.5. The second-order valence-electron chi connectivity index (χ2n) is 6.66. The Balaban J connectivity index is 1.67. The molecule has 3 rings (SSSR count). The number of aromatic nitrogens is 2. The van der Waals surface area contributed by atoms with Crippen LogP contribution in [0.2, 0.25) is 0 Å². The maximum atomic E-state index is 12.4. The number of ether oxygens (including phenoxy) is 2. The van der Waals surface area contributed by atoms with E-state index < -0.39 is 0 Å². The van der Waals surface area contributed by atoms with Crippen molar-refractivity contribution in [1.82, 2.24) is 9.78 Å². The fourth-order valence-electron chi connectivity index (χ4n) is 3.01. The summed E-state index contributed by atoms with van der Waals surface area (Å²) in [5, 5.41) is 7.49. The highest BCUT2D eigenvalue weighted by Gasteiger charge is 2.15. The molecule has 146 valence electrons. The van der Waals surface area contributed by atoms with Crippen molar-refractivity contribution in [2.75, 3.05) is 19.0 Å². The summed E-state index contributed by atoms with van der Waals surface area (Å²) in [6.45, 7) is 6.32. The van der Waals surface area contributed by atoms with Crippen molar-refractivity contribution in [3.05, 3.63) is 71.0 Å². The van der Waals surface area contributed by atoms with Gasteiger partial charge in [0.05, 0.1) is 30.7 Å². The third-order valence-corrected chi connectivity index (χ3v) is 4.56. The van der Waals surface area contributed by atoms with Crippen molar-refractivity contribution in [2.24, 2.45) is 0 Å². The molecule has 0 unspecified atom stereocenters. The SMILES string of the molecule is COc1cccc(Cn2nc(C)c(NC(=O)COc3ccccc3C)c2C)c1. The van der Waals surface area contributed by atoms with Crippen molar-refractivity contribution in [3.63, 3.8) is 0 Å². The standard InChI is InChI=1S/C22H25N3O3/c1-15-8-5-6-11-20(15)28-14-21(26)23-22-16(2)24-25(17(22)3)13-18-9-7-10-19(12-18)27-4/h5-12H,13-14H2,1-4H3,(H,23,26). The number of amides is 1. The summed E-state index contributed by atoms with van der Waals surface area (Å²) in [7, 11) is 1.65. The van der Waals surface area contributed by atoms with Crippen molar-refractivity contribution in [2.45, 2.75) is 27.3 Å². The molecule has 0 aliphatic rings. The van der Waals surface area contributed by atoms with Gasteiger partial charge in [0.1, 0.15) is 11.5 Å². The van der Waals surface area contributed by atoms with Crippen molar-refractivity contribution in [3.8, 4) is 11.5 Å². The number of carbonyl (C=O) groups excluding carboxylic acids is 1. The van der Waals surface area contributed by atoms with Crippen LogP contribution in [-0.2, 0) is 11.3 Å². The van der Waals surface area contributed by atoms with E-state index in [1.54, 1.807) is 7.11 Å². The predicted octanol–water partition coefficient (Wildman–Crippen LogP) is 3.88. The molecule has 0 saturated carbocycles. The molecule has 6 nitrogen and oxygen atoms in total. The molecule has 1 N–H and O–H groups in total. The zero-order valence-electron chi connectivity index (χ0n) is 16.7. The second-order valence-corrected chi connectivity index (χ2v) is 6.66. The number of nitrogens with one attached hydrogen (secondary N) is 1. The van der Waals surface area contributed by atoms with E-state index in [-0.39, 0.29) is 12.5 Å². The molecule has 0 aliphatic heterocycles. The summed E-state index contributed by atoms with van der Waals surface area (Å²) in [6.07, 6.45) is 0. The molecule has 0 bridgehead atoms. The molecule has 1 aromatic heterocycles. The van der Waals surface area contributed by atoms with Gasteiger partial charge in [-0.05, 0) is 50.1 Å². The first-order valence-corrected chi connectivity index (χ1v) is 9.13. The lowest BCUT2D eigenvalue weighted by Gasteiger charge is -2.10. The molecule has 6 heteroatoms. The summed E-state index contributed by atoms with van der Waals surface area (Å²) < 4.78 is 12.8. The van der Waals surface area contributed by atoms with Crippen molar-refractivity contribution in [1.29, 1.82) is 0 Å². The first-order valence-electron chi connectivity index (χ1n) is 9.13. The average molecular weight is 379 g/mol. The molecule has 0 radical (unpaired) electrons. The van der Waals surface area contributed by atoms with Crippen LogP contribution in [0.1, 0.15) is 22.5 Å². The van der Waals surface area contributed by atoms with Crippen LogP contribution in [-0.4, -0.2) is 29.4 Å². The van der Waals surface area contributed by atoms with Gasteiger partial charge in [-0.25, -0.2) is 0 Å². The van der Waals surface area contributed by atoms with Gasteiger partial charge in [-0.3, -0.25) is 9.48 Å². The van der Waals surface area contributed by atoms with Gasteiger partial charge in [-0.15, -0.1) is 0 Å². The van der Waals surface area contributed by atoms with E-state index in [0.29, 0.717) is 12.3 Å². The van der Waals surface area contributed by atoms with E-state index in [0.717, 1.165) is 34.0 Å². The van der Waals surface area contributed by atoms with E-state index in [9.17, 15) is 4.79 Å². The fraction of sp³-hybridized carbons (Fsp3) is 0.273. The van der Waals surface area contributed by atoms with Gasteiger partial charge in [0.2, 0.25) is 0 Å². The van der Waals surface area contributed by atoms with Crippen molar-refractivity contribution >= 4 is 11.6 Å². The molecule has 0 fully saturated rings. The van der Waals surface area contributed by atoms with Gasteiger partial charge in [0.15, 0.2) is 6.61 Å². The van der Waals surface area contributed by atoms with Crippen LogP contribution in [0.5, 0.6) is 11.5 Å². The van der Waals surface area contributed by atoms with Crippen LogP contribution in [0.3, 0.4) is 0 Å². The number of carbonyl (C=O) groups is 1. The zero-order chi connectivity index (χ0) is 20.1. The quantitative estimate of drug-likeness (QED) is 0.677. The Labute approximate surface area is 165 Å². The Morgan fingerprint density at radius 2 is 1.89 bits per heavy atom. The number of hydrogen-bond donors (Lipinski definition) is 1. The molecule has 2 aromatic carbocycles. The largest absolute Gasteiger partial charge is 0.497 e. The fourth-order valence-corrected chi connectivity index (χ4v) is 3.01. The Morgan fingerprint density at radius 1 is 1.11 bits per heavy atom. The molecular weight excluding hydrogens is 354 g/mol. The Hall–Kier alpha value is -3.28. The molecule has 0 spiro atoms. The molecule has 0 saturated heterocycles. The summed E-state index contributed by atoms with van der Waals surface area (Å²) >= 11 is 0. The molecule has 0 aliphatic carbocycles. The number of anilines is 1. The highest BCUT2D eigenvalue weighted by atomic mass is 16.5. The van der Waals surface area contributed by atoms with Gasteiger partial charge in [-0.1, -0.05) is 30.3 Å². The molecule has 1 heterocycles. The third kappa shape index (κ3) is 4.52. The lowest BCUT2D eigenvalue weighted by atomic mass is 10.2. The molecule has 1 amide bonds. The predicted molar refractivity (Wildman–Crippen MR) is 109 cm³/mol.